The van der Waals surface area contributed by atoms with Crippen molar-refractivity contribution in [3.63, 3.8) is 0 Å². The molecule has 0 aromatic carbocycles. The van der Waals surface area contributed by atoms with Crippen molar-refractivity contribution in [1.82, 2.24) is 4.90 Å². The van der Waals surface area contributed by atoms with E-state index in [0.29, 0.717) is 6.04 Å². The molecule has 1 saturated heterocycles. The molecule has 2 heterocycles. The summed E-state index contributed by atoms with van der Waals surface area (Å²) in [7, 11) is 2.27. The first-order valence-corrected chi connectivity index (χ1v) is 14.5. The molecule has 1 aromatic heterocycles. The Morgan fingerprint density at radius 1 is 0.758 bits per heavy atom. The van der Waals surface area contributed by atoms with Gasteiger partial charge < -0.3 is 17.0 Å². The van der Waals surface area contributed by atoms with E-state index in [9.17, 15) is 0 Å². The van der Waals surface area contributed by atoms with E-state index in [2.05, 4.69) is 48.0 Å². The standard InChI is InChI=1S/C30H55N2.BrH/c1-3-4-5-6-7-8-9-10-11-12-13-14-15-16-17-18-19-20-26-32-27-21-23-29(28-32)30-24-22-25-31(30)2;/h21,23,27-28,30H,3-20,22,24-26H2,1-2H3;1H/q+1;/p-1/t30-;/m0./s1. The van der Waals surface area contributed by atoms with Gasteiger partial charge in [-0.2, -0.15) is 0 Å². The number of aromatic nitrogens is 1. The van der Waals surface area contributed by atoms with E-state index in [4.69, 9.17) is 0 Å². The molecule has 1 aliphatic heterocycles. The highest BCUT2D eigenvalue weighted by Gasteiger charge is 2.24. The molecule has 2 rings (SSSR count). The van der Waals surface area contributed by atoms with Crippen LogP contribution in [0.1, 0.15) is 147 Å². The smallest absolute Gasteiger partial charge is 0.173 e. The number of likely N-dealkylation sites (tertiary alicyclic amines) is 1. The number of nitrogens with zero attached hydrogens (tertiary/aromatic N) is 2. The summed E-state index contributed by atoms with van der Waals surface area (Å²) in [5, 5.41) is 0. The molecule has 2 nitrogen and oxygen atoms in total. The van der Waals surface area contributed by atoms with E-state index < -0.39 is 0 Å². The Hall–Kier alpha value is -0.410. The quantitative estimate of drug-likeness (QED) is 0.155. The minimum Gasteiger partial charge on any atom is -1.00 e. The van der Waals surface area contributed by atoms with Crippen LogP contribution in [0.5, 0.6) is 0 Å². The highest BCUT2D eigenvalue weighted by molar-refractivity contribution is 5.12. The fourth-order valence-corrected chi connectivity index (χ4v) is 5.41. The van der Waals surface area contributed by atoms with Gasteiger partial charge in [0.25, 0.3) is 0 Å². The maximum atomic E-state index is 2.51. The van der Waals surface area contributed by atoms with Crippen molar-refractivity contribution in [1.29, 1.82) is 0 Å². The average molecular weight is 524 g/mol. The number of halogens is 1. The molecule has 0 radical (unpaired) electrons. The molecule has 1 aliphatic rings. The first-order chi connectivity index (χ1) is 15.8. The van der Waals surface area contributed by atoms with Gasteiger partial charge in [-0.1, -0.05) is 110 Å². The topological polar surface area (TPSA) is 7.12 Å². The summed E-state index contributed by atoms with van der Waals surface area (Å²) in [5.41, 5.74) is 1.51. The zero-order chi connectivity index (χ0) is 22.7. The number of hydrogen-bond acceptors (Lipinski definition) is 1. The van der Waals surface area contributed by atoms with Crippen LogP contribution < -0.4 is 21.5 Å². The van der Waals surface area contributed by atoms with Crippen molar-refractivity contribution in [2.75, 3.05) is 13.6 Å². The van der Waals surface area contributed by atoms with Gasteiger partial charge in [-0.15, -0.1) is 0 Å². The molecule has 0 saturated carbocycles. The van der Waals surface area contributed by atoms with Gasteiger partial charge >= 0.3 is 0 Å². The highest BCUT2D eigenvalue weighted by atomic mass is 79.9. The summed E-state index contributed by atoms with van der Waals surface area (Å²) in [5.74, 6) is 0. The van der Waals surface area contributed by atoms with E-state index in [1.165, 1.54) is 147 Å². The molecule has 0 N–H and O–H groups in total. The van der Waals surface area contributed by atoms with E-state index in [1.54, 1.807) is 0 Å². The Morgan fingerprint density at radius 3 is 1.70 bits per heavy atom. The van der Waals surface area contributed by atoms with Crippen molar-refractivity contribution in [3.8, 4) is 0 Å². The van der Waals surface area contributed by atoms with Gasteiger partial charge in [-0.05, 0) is 38.9 Å². The average Bonchev–Trinajstić information content (AvgIpc) is 3.24. The summed E-state index contributed by atoms with van der Waals surface area (Å²) < 4.78 is 2.42. The number of unbranched alkanes of at least 4 members (excludes halogenated alkanes) is 17. The second kappa shape index (κ2) is 20.9. The first-order valence-electron chi connectivity index (χ1n) is 14.5. The Balaban J connectivity index is 0.00000544. The minimum atomic E-state index is 0. The molecule has 192 valence electrons. The molecule has 33 heavy (non-hydrogen) atoms. The zero-order valence-corrected chi connectivity index (χ0v) is 23.8. The van der Waals surface area contributed by atoms with Crippen LogP contribution in [0.25, 0.3) is 0 Å². The van der Waals surface area contributed by atoms with E-state index in [-0.39, 0.29) is 17.0 Å². The summed E-state index contributed by atoms with van der Waals surface area (Å²) in [6.07, 6.45) is 33.3. The number of aryl methyl sites for hydroxylation is 1. The second-order valence-electron chi connectivity index (χ2n) is 10.5. The Labute approximate surface area is 217 Å². The summed E-state index contributed by atoms with van der Waals surface area (Å²) in [6, 6.07) is 5.21. The van der Waals surface area contributed by atoms with Gasteiger partial charge in [-0.3, -0.25) is 4.90 Å². The monoisotopic (exact) mass is 522 g/mol. The van der Waals surface area contributed by atoms with E-state index in [0.717, 1.165) is 0 Å². The lowest BCUT2D eigenvalue weighted by Crippen LogP contribution is -3.00. The lowest BCUT2D eigenvalue weighted by atomic mass is 10.0. The molecular weight excluding hydrogens is 468 g/mol. The number of hydrogen-bond donors (Lipinski definition) is 0. The third kappa shape index (κ3) is 14.6. The normalized spacial score (nSPS) is 16.2. The van der Waals surface area contributed by atoms with Crippen LogP contribution in [0, 0.1) is 0 Å². The highest BCUT2D eigenvalue weighted by Crippen LogP contribution is 2.29. The molecular formula is C30H55BrN2. The van der Waals surface area contributed by atoms with Crippen LogP contribution in [0.2, 0.25) is 0 Å². The third-order valence-corrected chi connectivity index (χ3v) is 7.56. The molecule has 1 aromatic rings. The summed E-state index contributed by atoms with van der Waals surface area (Å²) in [6.45, 7) is 4.73. The van der Waals surface area contributed by atoms with Crippen LogP contribution in [0.15, 0.2) is 24.5 Å². The fraction of sp³-hybridized carbons (Fsp3) is 0.833. The van der Waals surface area contributed by atoms with Gasteiger partial charge in [0.2, 0.25) is 0 Å². The molecule has 1 fully saturated rings. The fourth-order valence-electron chi connectivity index (χ4n) is 5.41. The molecule has 3 heteroatoms. The van der Waals surface area contributed by atoms with Gasteiger partial charge in [-0.25, -0.2) is 4.57 Å². The van der Waals surface area contributed by atoms with Gasteiger partial charge in [0.1, 0.15) is 6.54 Å². The predicted octanol–water partition coefficient (Wildman–Crippen LogP) is 5.79. The third-order valence-electron chi connectivity index (χ3n) is 7.56. The molecule has 0 aliphatic carbocycles. The predicted molar refractivity (Wildman–Crippen MR) is 140 cm³/mol. The maximum Gasteiger partial charge on any atom is 0.173 e. The molecule has 0 spiro atoms. The first kappa shape index (κ1) is 30.6. The second-order valence-corrected chi connectivity index (χ2v) is 10.5. The Kier molecular flexibility index (Phi) is 19.4. The van der Waals surface area contributed by atoms with Crippen molar-refractivity contribution < 1.29 is 21.5 Å². The number of rotatable bonds is 20. The summed E-state index contributed by atoms with van der Waals surface area (Å²) >= 11 is 0. The van der Waals surface area contributed by atoms with Gasteiger partial charge in [0, 0.05) is 24.1 Å². The van der Waals surface area contributed by atoms with Gasteiger partial charge in [0.15, 0.2) is 12.4 Å². The van der Waals surface area contributed by atoms with Crippen molar-refractivity contribution in [3.05, 3.63) is 30.1 Å². The molecule has 0 bridgehead atoms. The Morgan fingerprint density at radius 2 is 1.24 bits per heavy atom. The SMILES string of the molecule is CCCCCCCCCCCCCCCCCCCC[n+]1cccc([C@@H]2CCCN2C)c1.[Br-]. The van der Waals surface area contributed by atoms with Crippen LogP contribution in [0.3, 0.4) is 0 Å². The maximum absolute atomic E-state index is 2.51. The van der Waals surface area contributed by atoms with Crippen molar-refractivity contribution >= 4 is 0 Å². The van der Waals surface area contributed by atoms with E-state index >= 15 is 0 Å². The van der Waals surface area contributed by atoms with Crippen molar-refractivity contribution in [2.24, 2.45) is 0 Å². The zero-order valence-electron chi connectivity index (χ0n) is 22.2. The van der Waals surface area contributed by atoms with Crippen LogP contribution in [0.4, 0.5) is 0 Å². The minimum absolute atomic E-state index is 0. The summed E-state index contributed by atoms with van der Waals surface area (Å²) in [4.78, 5) is 2.51. The van der Waals surface area contributed by atoms with Crippen molar-refractivity contribution in [2.45, 2.75) is 148 Å². The number of pyridine rings is 1. The Bertz CT molecular complexity index is 562. The van der Waals surface area contributed by atoms with Crippen LogP contribution in [-0.2, 0) is 6.54 Å². The van der Waals surface area contributed by atoms with E-state index in [1.807, 2.05) is 0 Å². The van der Waals surface area contributed by atoms with Gasteiger partial charge in [0.05, 0.1) is 0 Å². The lowest BCUT2D eigenvalue weighted by Gasteiger charge is -2.18. The van der Waals surface area contributed by atoms with Crippen LogP contribution in [-0.4, -0.2) is 18.5 Å². The molecule has 0 unspecified atom stereocenters. The molecule has 0 amide bonds. The molecule has 1 atom stereocenters. The lowest BCUT2D eigenvalue weighted by molar-refractivity contribution is -0.697. The largest absolute Gasteiger partial charge is 1.00 e. The van der Waals surface area contributed by atoms with Crippen LogP contribution >= 0.6 is 0 Å².